The predicted molar refractivity (Wildman–Crippen MR) is 95.8 cm³/mol. The number of ether oxygens (including phenoxy) is 3. The Morgan fingerprint density at radius 1 is 1.21 bits per heavy atom. The third-order valence-electron chi connectivity index (χ3n) is 4.45. The molecule has 0 aromatic heterocycles. The fourth-order valence-corrected chi connectivity index (χ4v) is 3.00. The molecule has 1 aliphatic rings. The van der Waals surface area contributed by atoms with Gasteiger partial charge in [-0.15, -0.1) is 13.2 Å². The van der Waals surface area contributed by atoms with Crippen LogP contribution in [-0.2, 0) is 25.5 Å². The van der Waals surface area contributed by atoms with Crippen molar-refractivity contribution in [3.8, 4) is 5.75 Å². The highest BCUT2D eigenvalue weighted by Crippen LogP contribution is 2.28. The van der Waals surface area contributed by atoms with Gasteiger partial charge in [0.2, 0.25) is 0 Å². The van der Waals surface area contributed by atoms with E-state index in [1.54, 1.807) is 6.92 Å². The van der Waals surface area contributed by atoms with E-state index >= 15 is 0 Å². The van der Waals surface area contributed by atoms with Crippen LogP contribution in [0.25, 0.3) is 0 Å². The number of aliphatic hydroxyl groups excluding tert-OH is 1. The molecule has 0 saturated heterocycles. The first-order chi connectivity index (χ1) is 13.5. The summed E-state index contributed by atoms with van der Waals surface area (Å²) in [6.45, 7) is 5.20. The first kappa shape index (κ1) is 22.7. The normalized spacial score (nSPS) is 21.9. The fourth-order valence-electron chi connectivity index (χ4n) is 3.00. The first-order valence-corrected chi connectivity index (χ1v) is 9.08. The highest BCUT2D eigenvalue weighted by atomic mass is 19.4. The van der Waals surface area contributed by atoms with Gasteiger partial charge >= 0.3 is 18.3 Å². The Hall–Kier alpha value is -2.55. The van der Waals surface area contributed by atoms with Crippen LogP contribution >= 0.6 is 0 Å². The molecule has 3 atom stereocenters. The van der Waals surface area contributed by atoms with Crippen molar-refractivity contribution in [3.63, 3.8) is 0 Å². The van der Waals surface area contributed by atoms with Gasteiger partial charge in [0, 0.05) is 5.57 Å². The van der Waals surface area contributed by atoms with Crippen molar-refractivity contribution in [2.24, 2.45) is 5.92 Å². The number of alkyl halides is 3. The molecule has 9 heteroatoms. The van der Waals surface area contributed by atoms with Crippen LogP contribution in [0.1, 0.15) is 31.7 Å². The third-order valence-corrected chi connectivity index (χ3v) is 4.45. The molecule has 1 saturated carbocycles. The lowest BCUT2D eigenvalue weighted by Gasteiger charge is -2.32. The molecule has 0 spiro atoms. The molecule has 1 aliphatic carbocycles. The van der Waals surface area contributed by atoms with Crippen molar-refractivity contribution in [2.45, 2.75) is 51.2 Å². The number of carbonyl (C=O) groups excluding carboxylic acids is 2. The summed E-state index contributed by atoms with van der Waals surface area (Å²) in [5.74, 6) is -1.49. The number of hydrogen-bond acceptors (Lipinski definition) is 6. The molecule has 0 bridgehead atoms. The van der Waals surface area contributed by atoms with Crippen molar-refractivity contribution >= 4 is 11.9 Å². The summed E-state index contributed by atoms with van der Waals surface area (Å²) in [5.41, 5.74) is 0.755. The van der Waals surface area contributed by atoms with Crippen LogP contribution in [0.4, 0.5) is 13.2 Å². The number of carbonyl (C=O) groups is 2. The van der Waals surface area contributed by atoms with Crippen LogP contribution in [0.5, 0.6) is 5.75 Å². The minimum atomic E-state index is -4.78. The van der Waals surface area contributed by atoms with Gasteiger partial charge in [-0.3, -0.25) is 4.79 Å². The fraction of sp³-hybridized carbons (Fsp3) is 0.500. The molecule has 0 heterocycles. The maximum absolute atomic E-state index is 12.2. The Balaban J connectivity index is 1.78. The number of rotatable bonds is 7. The predicted octanol–water partition coefficient (Wildman–Crippen LogP) is 3.32. The van der Waals surface area contributed by atoms with Crippen LogP contribution < -0.4 is 4.74 Å². The maximum Gasteiger partial charge on any atom is 0.573 e. The molecule has 1 N–H and O–H groups in total. The summed E-state index contributed by atoms with van der Waals surface area (Å²) in [4.78, 5) is 23.5. The SMILES string of the molecule is C=C(C)C(=O)OCC1CCC(OC(=O)Cc2ccc(OC(F)(F)F)cc2)C(O)C1. The van der Waals surface area contributed by atoms with E-state index in [9.17, 15) is 27.9 Å². The summed E-state index contributed by atoms with van der Waals surface area (Å²) in [6.07, 6.45) is -5.13. The number of benzene rings is 1. The van der Waals surface area contributed by atoms with Crippen molar-refractivity contribution in [3.05, 3.63) is 42.0 Å². The Labute approximate surface area is 166 Å². The van der Waals surface area contributed by atoms with Crippen LogP contribution in [0.2, 0.25) is 0 Å². The van der Waals surface area contributed by atoms with E-state index < -0.39 is 30.5 Å². The highest BCUT2D eigenvalue weighted by Gasteiger charge is 2.33. The van der Waals surface area contributed by atoms with E-state index in [0.717, 1.165) is 12.1 Å². The zero-order valence-electron chi connectivity index (χ0n) is 15.9. The molecule has 0 radical (unpaired) electrons. The quantitative estimate of drug-likeness (QED) is 0.543. The number of aliphatic hydroxyl groups is 1. The molecular weight excluding hydrogens is 393 g/mol. The van der Waals surface area contributed by atoms with Crippen molar-refractivity contribution < 1.29 is 42.1 Å². The molecule has 160 valence electrons. The van der Waals surface area contributed by atoms with E-state index in [-0.39, 0.29) is 24.7 Å². The summed E-state index contributed by atoms with van der Waals surface area (Å²) < 4.78 is 50.6. The largest absolute Gasteiger partial charge is 0.573 e. The summed E-state index contributed by atoms with van der Waals surface area (Å²) in [6, 6.07) is 4.90. The van der Waals surface area contributed by atoms with Gasteiger partial charge < -0.3 is 19.3 Å². The van der Waals surface area contributed by atoms with Gasteiger partial charge in [-0.1, -0.05) is 18.7 Å². The molecule has 6 nitrogen and oxygen atoms in total. The lowest BCUT2D eigenvalue weighted by atomic mass is 9.86. The van der Waals surface area contributed by atoms with Gasteiger partial charge in [-0.2, -0.15) is 0 Å². The van der Waals surface area contributed by atoms with Crippen molar-refractivity contribution in [1.82, 2.24) is 0 Å². The molecule has 2 rings (SSSR count). The van der Waals surface area contributed by atoms with E-state index in [2.05, 4.69) is 11.3 Å². The maximum atomic E-state index is 12.2. The third kappa shape index (κ3) is 7.77. The Morgan fingerprint density at radius 3 is 2.41 bits per heavy atom. The second-order valence-corrected chi connectivity index (χ2v) is 7.02. The van der Waals surface area contributed by atoms with Gasteiger partial charge in [0.15, 0.2) is 0 Å². The summed E-state index contributed by atoms with van der Waals surface area (Å²) >= 11 is 0. The molecule has 1 aromatic rings. The lowest BCUT2D eigenvalue weighted by Crippen LogP contribution is -2.39. The van der Waals surface area contributed by atoms with Crippen LogP contribution in [-0.4, -0.2) is 42.2 Å². The van der Waals surface area contributed by atoms with E-state index in [1.165, 1.54) is 12.1 Å². The van der Waals surface area contributed by atoms with E-state index in [0.29, 0.717) is 30.4 Å². The molecule has 0 aliphatic heterocycles. The minimum Gasteiger partial charge on any atom is -0.462 e. The monoisotopic (exact) mass is 416 g/mol. The van der Waals surface area contributed by atoms with Crippen LogP contribution in [0.3, 0.4) is 0 Å². The average molecular weight is 416 g/mol. The standard InChI is InChI=1S/C20H23F3O6/c1-12(2)19(26)27-11-14-5-8-17(16(24)9-14)28-18(25)10-13-3-6-15(7-4-13)29-20(21,22)23/h3-4,6-7,14,16-17,24H,1,5,8-11H2,2H3. The number of halogens is 3. The number of esters is 2. The molecule has 29 heavy (non-hydrogen) atoms. The minimum absolute atomic E-state index is 0.0376. The Kier molecular flexibility index (Phi) is 7.66. The molecule has 3 unspecified atom stereocenters. The second kappa shape index (κ2) is 9.78. The molecule has 1 aromatic carbocycles. The average Bonchev–Trinajstić information content (AvgIpc) is 2.62. The molecule has 1 fully saturated rings. The van der Waals surface area contributed by atoms with E-state index in [4.69, 9.17) is 9.47 Å². The lowest BCUT2D eigenvalue weighted by molar-refractivity contribution is -0.274. The highest BCUT2D eigenvalue weighted by molar-refractivity contribution is 5.86. The zero-order valence-corrected chi connectivity index (χ0v) is 15.9. The Bertz CT molecular complexity index is 729. The van der Waals surface area contributed by atoms with Gasteiger partial charge in [0.1, 0.15) is 11.9 Å². The smallest absolute Gasteiger partial charge is 0.462 e. The summed E-state index contributed by atoms with van der Waals surface area (Å²) in [5, 5.41) is 10.2. The molecule has 0 amide bonds. The first-order valence-electron chi connectivity index (χ1n) is 9.08. The van der Waals surface area contributed by atoms with Gasteiger partial charge in [-0.25, -0.2) is 4.79 Å². The van der Waals surface area contributed by atoms with Crippen molar-refractivity contribution in [2.75, 3.05) is 6.61 Å². The van der Waals surface area contributed by atoms with Gasteiger partial charge in [0.05, 0.1) is 19.1 Å². The molecular formula is C20H23F3O6. The topological polar surface area (TPSA) is 82.1 Å². The van der Waals surface area contributed by atoms with Crippen LogP contribution in [0, 0.1) is 5.92 Å². The second-order valence-electron chi connectivity index (χ2n) is 7.02. The number of hydrogen-bond donors (Lipinski definition) is 1. The Morgan fingerprint density at radius 2 is 1.86 bits per heavy atom. The van der Waals surface area contributed by atoms with E-state index in [1.807, 2.05) is 0 Å². The van der Waals surface area contributed by atoms with Gasteiger partial charge in [-0.05, 0) is 49.8 Å². The van der Waals surface area contributed by atoms with Gasteiger partial charge in [0.25, 0.3) is 0 Å². The van der Waals surface area contributed by atoms with Crippen LogP contribution in [0.15, 0.2) is 36.4 Å². The zero-order chi connectivity index (χ0) is 21.6. The summed E-state index contributed by atoms with van der Waals surface area (Å²) in [7, 11) is 0. The van der Waals surface area contributed by atoms with Crippen molar-refractivity contribution in [1.29, 1.82) is 0 Å².